The van der Waals surface area contributed by atoms with E-state index in [1.54, 1.807) is 4.90 Å². The number of nitrogens with one attached hydrogen (secondary N) is 1. The first-order chi connectivity index (χ1) is 9.54. The molecule has 1 saturated carbocycles. The maximum atomic E-state index is 12.4. The third-order valence-electron chi connectivity index (χ3n) is 4.43. The molecule has 20 heavy (non-hydrogen) atoms. The molecule has 1 aromatic rings. The monoisotopic (exact) mass is 294 g/mol. The average molecular weight is 294 g/mol. The van der Waals surface area contributed by atoms with Crippen LogP contribution >= 0.6 is 11.3 Å². The van der Waals surface area contributed by atoms with Gasteiger partial charge in [-0.2, -0.15) is 0 Å². The van der Waals surface area contributed by atoms with Gasteiger partial charge in [0.05, 0.1) is 6.20 Å². The first-order valence-electron chi connectivity index (χ1n) is 6.79. The van der Waals surface area contributed by atoms with Gasteiger partial charge in [-0.1, -0.05) is 11.3 Å². The standard InChI is InChI=1S/C13H18N4O2S/c1-17(12(19)10-6-16-13(14)20-10)9-2-7-4-11(18)15-5-8(7)3-9/h6-9H,2-5H2,1H3,(H2,14,16)(H,15,18)/t7-,8+,9-/m0/s1. The number of rotatable bonds is 2. The van der Waals surface area contributed by atoms with Crippen molar-refractivity contribution >= 4 is 28.3 Å². The second kappa shape index (κ2) is 5.05. The summed E-state index contributed by atoms with van der Waals surface area (Å²) in [6.45, 7) is 0.746. The van der Waals surface area contributed by atoms with Crippen LogP contribution in [0.2, 0.25) is 0 Å². The maximum Gasteiger partial charge on any atom is 0.265 e. The number of piperidine rings is 1. The maximum absolute atomic E-state index is 12.4. The van der Waals surface area contributed by atoms with Crippen molar-refractivity contribution in [3.8, 4) is 0 Å². The summed E-state index contributed by atoms with van der Waals surface area (Å²) >= 11 is 1.22. The van der Waals surface area contributed by atoms with Crippen molar-refractivity contribution < 1.29 is 9.59 Å². The van der Waals surface area contributed by atoms with Crippen LogP contribution in [0.1, 0.15) is 28.9 Å². The molecule has 3 N–H and O–H groups in total. The molecule has 2 fully saturated rings. The van der Waals surface area contributed by atoms with Crippen molar-refractivity contribution in [3.63, 3.8) is 0 Å². The smallest absolute Gasteiger partial charge is 0.265 e. The fraction of sp³-hybridized carbons (Fsp3) is 0.615. The van der Waals surface area contributed by atoms with Crippen LogP contribution in [0.15, 0.2) is 6.20 Å². The van der Waals surface area contributed by atoms with E-state index < -0.39 is 0 Å². The summed E-state index contributed by atoms with van der Waals surface area (Å²) in [5.74, 6) is 1.02. The van der Waals surface area contributed by atoms with Gasteiger partial charge in [-0.15, -0.1) is 0 Å². The van der Waals surface area contributed by atoms with Gasteiger partial charge in [-0.3, -0.25) is 9.59 Å². The normalized spacial score (nSPS) is 28.9. The summed E-state index contributed by atoms with van der Waals surface area (Å²) in [5, 5.41) is 3.32. The second-order valence-corrected chi connectivity index (χ2v) is 6.69. The number of aromatic nitrogens is 1. The Kier molecular flexibility index (Phi) is 3.37. The van der Waals surface area contributed by atoms with Crippen molar-refractivity contribution in [3.05, 3.63) is 11.1 Å². The number of nitrogens with zero attached hydrogens (tertiary/aromatic N) is 2. The molecule has 0 bridgehead atoms. The first-order valence-corrected chi connectivity index (χ1v) is 7.61. The third-order valence-corrected chi connectivity index (χ3v) is 5.24. The van der Waals surface area contributed by atoms with Gasteiger partial charge in [-0.05, 0) is 24.7 Å². The molecule has 2 amide bonds. The Morgan fingerprint density at radius 1 is 1.50 bits per heavy atom. The van der Waals surface area contributed by atoms with Gasteiger partial charge in [0.25, 0.3) is 5.91 Å². The number of carbonyl (C=O) groups excluding carboxylic acids is 2. The van der Waals surface area contributed by atoms with Crippen LogP contribution in [0, 0.1) is 11.8 Å². The molecule has 108 valence electrons. The van der Waals surface area contributed by atoms with Crippen molar-refractivity contribution in [2.75, 3.05) is 19.3 Å². The number of hydrogen-bond acceptors (Lipinski definition) is 5. The molecule has 7 heteroatoms. The Morgan fingerprint density at radius 3 is 2.95 bits per heavy atom. The minimum Gasteiger partial charge on any atom is -0.375 e. The summed E-state index contributed by atoms with van der Waals surface area (Å²) < 4.78 is 0. The largest absolute Gasteiger partial charge is 0.375 e. The quantitative estimate of drug-likeness (QED) is 0.841. The molecular weight excluding hydrogens is 276 g/mol. The minimum absolute atomic E-state index is 0.0258. The van der Waals surface area contributed by atoms with Gasteiger partial charge in [0.1, 0.15) is 4.88 Å². The highest BCUT2D eigenvalue weighted by atomic mass is 32.1. The molecular formula is C13H18N4O2S. The summed E-state index contributed by atoms with van der Waals surface area (Å²) in [7, 11) is 1.83. The van der Waals surface area contributed by atoms with E-state index in [-0.39, 0.29) is 17.9 Å². The van der Waals surface area contributed by atoms with Crippen molar-refractivity contribution in [2.45, 2.75) is 25.3 Å². The summed E-state index contributed by atoms with van der Waals surface area (Å²) in [5.41, 5.74) is 5.57. The van der Waals surface area contributed by atoms with Crippen LogP contribution in [0.4, 0.5) is 5.13 Å². The fourth-order valence-corrected chi connectivity index (χ4v) is 3.95. The molecule has 3 rings (SSSR count). The number of carbonyl (C=O) groups is 2. The molecule has 1 aromatic heterocycles. The van der Waals surface area contributed by atoms with E-state index in [2.05, 4.69) is 10.3 Å². The number of nitrogen functional groups attached to an aromatic ring is 1. The molecule has 0 spiro atoms. The van der Waals surface area contributed by atoms with Crippen LogP contribution in [-0.4, -0.2) is 41.3 Å². The highest BCUT2D eigenvalue weighted by Gasteiger charge is 2.40. The Balaban J connectivity index is 1.68. The van der Waals surface area contributed by atoms with Crippen LogP contribution < -0.4 is 11.1 Å². The number of thiazole rings is 1. The van der Waals surface area contributed by atoms with Crippen LogP contribution in [0.5, 0.6) is 0 Å². The SMILES string of the molecule is CN(C(=O)c1cnc(N)s1)[C@H]1C[C@H]2CC(=O)NC[C@H]2C1. The van der Waals surface area contributed by atoms with Gasteiger partial charge in [-0.25, -0.2) is 4.98 Å². The van der Waals surface area contributed by atoms with Crippen LogP contribution in [-0.2, 0) is 4.79 Å². The first kappa shape index (κ1) is 13.4. The fourth-order valence-electron chi connectivity index (χ4n) is 3.28. The summed E-state index contributed by atoms with van der Waals surface area (Å²) in [6.07, 6.45) is 4.00. The third kappa shape index (κ3) is 2.37. The molecule has 2 heterocycles. The number of amides is 2. The van der Waals surface area contributed by atoms with Crippen LogP contribution in [0.3, 0.4) is 0 Å². The lowest BCUT2D eigenvalue weighted by molar-refractivity contribution is -0.124. The lowest BCUT2D eigenvalue weighted by Gasteiger charge is -2.24. The molecule has 1 aliphatic carbocycles. The Labute approximate surface area is 121 Å². The zero-order chi connectivity index (χ0) is 14.3. The van der Waals surface area contributed by atoms with Gasteiger partial charge >= 0.3 is 0 Å². The highest BCUT2D eigenvalue weighted by molar-refractivity contribution is 7.17. The molecule has 0 aromatic carbocycles. The van der Waals surface area contributed by atoms with Gasteiger partial charge in [0.2, 0.25) is 5.91 Å². The lowest BCUT2D eigenvalue weighted by atomic mass is 9.89. The second-order valence-electron chi connectivity index (χ2n) is 5.63. The number of hydrogen-bond donors (Lipinski definition) is 2. The molecule has 1 saturated heterocycles. The van der Waals surface area contributed by atoms with Gasteiger partial charge in [0.15, 0.2) is 5.13 Å². The number of nitrogens with two attached hydrogens (primary N) is 1. The molecule has 0 unspecified atom stereocenters. The highest BCUT2D eigenvalue weighted by Crippen LogP contribution is 2.38. The van der Waals surface area contributed by atoms with E-state index in [0.717, 1.165) is 19.4 Å². The van der Waals surface area contributed by atoms with E-state index in [1.807, 2.05) is 7.05 Å². The van der Waals surface area contributed by atoms with Crippen LogP contribution in [0.25, 0.3) is 0 Å². The van der Waals surface area contributed by atoms with Crippen molar-refractivity contribution in [1.82, 2.24) is 15.2 Å². The van der Waals surface area contributed by atoms with Crippen molar-refractivity contribution in [2.24, 2.45) is 11.8 Å². The van der Waals surface area contributed by atoms with Gasteiger partial charge in [0, 0.05) is 26.1 Å². The topological polar surface area (TPSA) is 88.3 Å². The summed E-state index contributed by atoms with van der Waals surface area (Å²) in [6, 6.07) is 0.202. The Bertz CT molecular complexity index is 544. The Morgan fingerprint density at radius 2 is 2.25 bits per heavy atom. The lowest BCUT2D eigenvalue weighted by Crippen LogP contribution is -2.38. The van der Waals surface area contributed by atoms with E-state index in [9.17, 15) is 9.59 Å². The van der Waals surface area contributed by atoms with E-state index in [4.69, 9.17) is 5.73 Å². The zero-order valence-corrected chi connectivity index (χ0v) is 12.2. The molecule has 3 atom stereocenters. The minimum atomic E-state index is -0.0258. The van der Waals surface area contributed by atoms with E-state index in [1.165, 1.54) is 17.5 Å². The van der Waals surface area contributed by atoms with Gasteiger partial charge < -0.3 is 16.0 Å². The molecule has 6 nitrogen and oxygen atoms in total. The van der Waals surface area contributed by atoms with E-state index >= 15 is 0 Å². The molecule has 0 radical (unpaired) electrons. The van der Waals surface area contributed by atoms with Crippen molar-refractivity contribution in [1.29, 1.82) is 0 Å². The Hall–Kier alpha value is -1.63. The van der Waals surface area contributed by atoms with E-state index in [0.29, 0.717) is 28.3 Å². The predicted molar refractivity (Wildman–Crippen MR) is 76.2 cm³/mol. The predicted octanol–water partition coefficient (Wildman–Crippen LogP) is 0.712. The molecule has 1 aliphatic heterocycles. The number of fused-ring (bicyclic) bond motifs is 1. The molecule has 2 aliphatic rings. The number of anilines is 1. The average Bonchev–Trinajstić information content (AvgIpc) is 3.02. The zero-order valence-electron chi connectivity index (χ0n) is 11.3. The summed E-state index contributed by atoms with van der Waals surface area (Å²) in [4.78, 5) is 30.1.